The van der Waals surface area contributed by atoms with Crippen LogP contribution in [0.1, 0.15) is 33.6 Å². The van der Waals surface area contributed by atoms with Crippen molar-refractivity contribution in [3.05, 3.63) is 0 Å². The summed E-state index contributed by atoms with van der Waals surface area (Å²) in [5.74, 6) is 0.468. The molecule has 1 unspecified atom stereocenters. The number of likely N-dealkylation sites (N-methyl/N-ethyl adjacent to an activating group) is 1. The van der Waals surface area contributed by atoms with Gasteiger partial charge in [-0.05, 0) is 25.3 Å². The highest BCUT2D eigenvalue weighted by Gasteiger charge is 2.28. The molecule has 1 aliphatic rings. The Bertz CT molecular complexity index is 299. The molecule has 0 aliphatic carbocycles. The van der Waals surface area contributed by atoms with Crippen LogP contribution in [0.25, 0.3) is 0 Å². The van der Waals surface area contributed by atoms with Gasteiger partial charge in [-0.25, -0.2) is 12.7 Å². The molecular formula is C11H24N2O2S. The Morgan fingerprint density at radius 2 is 2.12 bits per heavy atom. The number of hydrogen-bond acceptors (Lipinski definition) is 3. The summed E-state index contributed by atoms with van der Waals surface area (Å²) in [6.45, 7) is 8.19. The van der Waals surface area contributed by atoms with Crippen molar-refractivity contribution in [2.24, 2.45) is 5.92 Å². The molecule has 1 rings (SSSR count). The fraction of sp³-hybridized carbons (Fsp3) is 1.00. The smallest absolute Gasteiger partial charge is 0.214 e. The second-order valence-corrected chi connectivity index (χ2v) is 6.94. The van der Waals surface area contributed by atoms with E-state index in [1.165, 1.54) is 0 Å². The lowest BCUT2D eigenvalue weighted by Crippen LogP contribution is -2.48. The van der Waals surface area contributed by atoms with Crippen molar-refractivity contribution in [1.29, 1.82) is 0 Å². The molecule has 1 heterocycles. The second kappa shape index (κ2) is 5.98. The number of piperidine rings is 1. The zero-order valence-electron chi connectivity index (χ0n) is 10.6. The van der Waals surface area contributed by atoms with Gasteiger partial charge in [0.25, 0.3) is 0 Å². The molecule has 16 heavy (non-hydrogen) atoms. The van der Waals surface area contributed by atoms with E-state index in [0.29, 0.717) is 19.1 Å². The lowest BCUT2D eigenvalue weighted by molar-refractivity contribution is 0.285. The minimum absolute atomic E-state index is 0.199. The van der Waals surface area contributed by atoms with Crippen LogP contribution in [0.4, 0.5) is 0 Å². The average Bonchev–Trinajstić information content (AvgIpc) is 2.16. The molecule has 1 N–H and O–H groups in total. The number of rotatable bonds is 5. The van der Waals surface area contributed by atoms with Gasteiger partial charge in [-0.1, -0.05) is 20.8 Å². The van der Waals surface area contributed by atoms with Gasteiger partial charge in [0.1, 0.15) is 0 Å². The van der Waals surface area contributed by atoms with E-state index >= 15 is 0 Å². The van der Waals surface area contributed by atoms with E-state index in [2.05, 4.69) is 12.2 Å². The van der Waals surface area contributed by atoms with Gasteiger partial charge in [-0.3, -0.25) is 0 Å². The molecule has 1 aliphatic heterocycles. The van der Waals surface area contributed by atoms with Crippen LogP contribution in [-0.4, -0.2) is 44.2 Å². The first-order valence-corrected chi connectivity index (χ1v) is 7.77. The maximum Gasteiger partial charge on any atom is 0.214 e. The van der Waals surface area contributed by atoms with Crippen LogP contribution in [0.3, 0.4) is 0 Å². The minimum atomic E-state index is -3.04. The topological polar surface area (TPSA) is 49.4 Å². The van der Waals surface area contributed by atoms with Crippen LogP contribution in [0.5, 0.6) is 0 Å². The maximum absolute atomic E-state index is 12.0. The SMILES string of the molecule is CCNC1CCCN(S(=O)(=O)CC(C)C)C1. The highest BCUT2D eigenvalue weighted by Crippen LogP contribution is 2.16. The first-order valence-electron chi connectivity index (χ1n) is 6.17. The Hall–Kier alpha value is -0.130. The van der Waals surface area contributed by atoms with Gasteiger partial charge in [0, 0.05) is 19.1 Å². The van der Waals surface area contributed by atoms with Gasteiger partial charge in [0.05, 0.1) is 5.75 Å². The lowest BCUT2D eigenvalue weighted by atomic mass is 10.1. The molecule has 96 valence electrons. The van der Waals surface area contributed by atoms with E-state index in [0.717, 1.165) is 19.4 Å². The zero-order valence-corrected chi connectivity index (χ0v) is 11.4. The van der Waals surface area contributed by atoms with Crippen molar-refractivity contribution in [2.45, 2.75) is 39.7 Å². The molecule has 5 heteroatoms. The summed E-state index contributed by atoms with van der Waals surface area (Å²) in [6, 6.07) is 0.334. The summed E-state index contributed by atoms with van der Waals surface area (Å²) in [5, 5.41) is 3.33. The molecule has 0 aromatic carbocycles. The third-order valence-corrected chi connectivity index (χ3v) is 5.02. The van der Waals surface area contributed by atoms with Crippen LogP contribution in [0.15, 0.2) is 0 Å². The number of nitrogens with zero attached hydrogens (tertiary/aromatic N) is 1. The number of nitrogens with one attached hydrogen (secondary N) is 1. The van der Waals surface area contributed by atoms with Crippen molar-refractivity contribution in [2.75, 3.05) is 25.4 Å². The Kier molecular flexibility index (Phi) is 5.21. The van der Waals surface area contributed by atoms with Gasteiger partial charge in [-0.2, -0.15) is 0 Å². The molecule has 0 aromatic rings. The van der Waals surface area contributed by atoms with Crippen LogP contribution in [0, 0.1) is 5.92 Å². The Labute approximate surface area is 99.5 Å². The van der Waals surface area contributed by atoms with Crippen LogP contribution in [0.2, 0.25) is 0 Å². The maximum atomic E-state index is 12.0. The summed E-state index contributed by atoms with van der Waals surface area (Å²) in [5.41, 5.74) is 0. The first kappa shape index (κ1) is 13.9. The number of sulfonamides is 1. The number of hydrogen-bond donors (Lipinski definition) is 1. The monoisotopic (exact) mass is 248 g/mol. The largest absolute Gasteiger partial charge is 0.313 e. The summed E-state index contributed by atoms with van der Waals surface area (Å²) >= 11 is 0. The van der Waals surface area contributed by atoms with Gasteiger partial charge < -0.3 is 5.32 Å². The fourth-order valence-electron chi connectivity index (χ4n) is 2.18. The van der Waals surface area contributed by atoms with Crippen molar-refractivity contribution in [3.63, 3.8) is 0 Å². The average molecular weight is 248 g/mol. The normalized spacial score (nSPS) is 23.9. The van der Waals surface area contributed by atoms with Gasteiger partial charge in [0.2, 0.25) is 10.0 Å². The minimum Gasteiger partial charge on any atom is -0.313 e. The molecule has 1 atom stereocenters. The Morgan fingerprint density at radius 3 is 2.69 bits per heavy atom. The summed E-state index contributed by atoms with van der Waals surface area (Å²) in [6.07, 6.45) is 2.05. The zero-order chi connectivity index (χ0) is 12.2. The second-order valence-electron chi connectivity index (χ2n) is 4.93. The lowest BCUT2D eigenvalue weighted by Gasteiger charge is -2.32. The molecule has 0 radical (unpaired) electrons. The van der Waals surface area contributed by atoms with Crippen LogP contribution >= 0.6 is 0 Å². The van der Waals surface area contributed by atoms with E-state index in [-0.39, 0.29) is 11.7 Å². The van der Waals surface area contributed by atoms with Gasteiger partial charge >= 0.3 is 0 Å². The summed E-state index contributed by atoms with van der Waals surface area (Å²) in [4.78, 5) is 0. The molecule has 0 saturated carbocycles. The molecular weight excluding hydrogens is 224 g/mol. The highest BCUT2D eigenvalue weighted by atomic mass is 32.2. The van der Waals surface area contributed by atoms with Crippen molar-refractivity contribution in [1.82, 2.24) is 9.62 Å². The summed E-state index contributed by atoms with van der Waals surface area (Å²) < 4.78 is 25.7. The standard InChI is InChI=1S/C11H24N2O2S/c1-4-12-11-6-5-7-13(8-11)16(14,15)9-10(2)3/h10-12H,4-9H2,1-3H3. The van der Waals surface area contributed by atoms with E-state index < -0.39 is 10.0 Å². The van der Waals surface area contributed by atoms with E-state index in [1.807, 2.05) is 13.8 Å². The first-order chi connectivity index (χ1) is 7.45. The van der Waals surface area contributed by atoms with Crippen molar-refractivity contribution < 1.29 is 8.42 Å². The Morgan fingerprint density at radius 1 is 1.44 bits per heavy atom. The van der Waals surface area contributed by atoms with E-state index in [1.54, 1.807) is 4.31 Å². The third-order valence-electron chi connectivity index (χ3n) is 2.81. The predicted molar refractivity (Wildman–Crippen MR) is 66.9 cm³/mol. The molecule has 1 saturated heterocycles. The van der Waals surface area contributed by atoms with E-state index in [4.69, 9.17) is 0 Å². The fourth-order valence-corrected chi connectivity index (χ4v) is 4.04. The Balaban J connectivity index is 2.59. The van der Waals surface area contributed by atoms with E-state index in [9.17, 15) is 8.42 Å². The third kappa shape index (κ3) is 4.03. The summed E-state index contributed by atoms with van der Waals surface area (Å²) in [7, 11) is -3.04. The molecule has 0 bridgehead atoms. The molecule has 4 nitrogen and oxygen atoms in total. The predicted octanol–water partition coefficient (Wildman–Crippen LogP) is 1.05. The highest BCUT2D eigenvalue weighted by molar-refractivity contribution is 7.89. The van der Waals surface area contributed by atoms with Crippen LogP contribution in [-0.2, 0) is 10.0 Å². The molecule has 0 spiro atoms. The molecule has 0 amide bonds. The van der Waals surface area contributed by atoms with Crippen LogP contribution < -0.4 is 5.32 Å². The quantitative estimate of drug-likeness (QED) is 0.791. The van der Waals surface area contributed by atoms with Crippen molar-refractivity contribution >= 4 is 10.0 Å². The van der Waals surface area contributed by atoms with Gasteiger partial charge in [-0.15, -0.1) is 0 Å². The van der Waals surface area contributed by atoms with Gasteiger partial charge in [0.15, 0.2) is 0 Å². The van der Waals surface area contributed by atoms with Crippen molar-refractivity contribution in [3.8, 4) is 0 Å². The molecule has 0 aromatic heterocycles. The molecule has 1 fully saturated rings.